The van der Waals surface area contributed by atoms with Gasteiger partial charge in [-0.2, -0.15) is 5.10 Å². The minimum atomic E-state index is -0.0718. The van der Waals surface area contributed by atoms with Gasteiger partial charge in [0.05, 0.1) is 11.6 Å². The molecule has 0 N–H and O–H groups in total. The molecule has 2 rings (SSSR count). The Morgan fingerprint density at radius 2 is 2.13 bits per heavy atom. The van der Waals surface area contributed by atoms with Gasteiger partial charge in [0, 0.05) is 19.0 Å². The number of aromatic nitrogens is 2. The van der Waals surface area contributed by atoms with Crippen LogP contribution in [0.1, 0.15) is 6.92 Å². The maximum atomic E-state index is 12.0. The smallest absolute Gasteiger partial charge is 0.293 e. The summed E-state index contributed by atoms with van der Waals surface area (Å²) in [6.07, 6.45) is 1.71. The molecule has 0 bridgehead atoms. The van der Waals surface area contributed by atoms with Crippen molar-refractivity contribution in [3.63, 3.8) is 0 Å². The molecule has 0 unspecified atom stereocenters. The number of nitrogens with zero attached hydrogens (tertiary/aromatic N) is 3. The van der Waals surface area contributed by atoms with Gasteiger partial charge in [0.25, 0.3) is 5.56 Å². The van der Waals surface area contributed by atoms with Crippen LogP contribution in [0.3, 0.4) is 0 Å². The number of fused-ring (bicyclic) bond motifs is 1. The molecule has 0 atom stereocenters. The van der Waals surface area contributed by atoms with Gasteiger partial charge in [-0.3, -0.25) is 9.80 Å². The Morgan fingerprint density at radius 1 is 1.40 bits per heavy atom. The lowest BCUT2D eigenvalue weighted by Gasteiger charge is -2.17. The lowest BCUT2D eigenvalue weighted by Crippen LogP contribution is -2.40. The van der Waals surface area contributed by atoms with E-state index in [2.05, 4.69) is 5.10 Å². The first-order chi connectivity index (χ1) is 7.24. The van der Waals surface area contributed by atoms with Crippen LogP contribution in [0.15, 0.2) is 35.3 Å². The van der Waals surface area contributed by atoms with E-state index in [0.29, 0.717) is 5.39 Å². The van der Waals surface area contributed by atoms with Crippen LogP contribution in [0, 0.1) is 0 Å². The Balaban J connectivity index is 2.71. The topological polar surface area (TPSA) is 38.1 Å². The summed E-state index contributed by atoms with van der Waals surface area (Å²) < 4.78 is 0. The molecule has 0 saturated heterocycles. The Morgan fingerprint density at radius 3 is 2.87 bits per heavy atom. The molecule has 0 aliphatic carbocycles. The fraction of sp³-hybridized carbons (Fsp3) is 0.273. The van der Waals surface area contributed by atoms with Gasteiger partial charge in [0.1, 0.15) is 0 Å². The van der Waals surface area contributed by atoms with Crippen LogP contribution >= 0.6 is 0 Å². The molecule has 0 aliphatic heterocycles. The number of rotatable bonds is 2. The molecule has 1 aromatic carbocycles. The van der Waals surface area contributed by atoms with Gasteiger partial charge >= 0.3 is 0 Å². The maximum absolute atomic E-state index is 12.0. The highest BCUT2D eigenvalue weighted by Crippen LogP contribution is 2.05. The van der Waals surface area contributed by atoms with Gasteiger partial charge in [-0.1, -0.05) is 18.2 Å². The Kier molecular flexibility index (Phi) is 2.41. The van der Waals surface area contributed by atoms with Crippen LogP contribution in [0.4, 0.5) is 0 Å². The molecular weight excluding hydrogens is 190 g/mol. The third-order valence-corrected chi connectivity index (χ3v) is 2.46. The van der Waals surface area contributed by atoms with E-state index in [1.807, 2.05) is 38.2 Å². The predicted octanol–water partition coefficient (Wildman–Crippen LogP) is 0.984. The first-order valence-corrected chi connectivity index (χ1v) is 4.92. The van der Waals surface area contributed by atoms with Crippen molar-refractivity contribution in [2.45, 2.75) is 6.92 Å². The molecule has 0 fully saturated rings. The molecule has 15 heavy (non-hydrogen) atoms. The molecule has 0 radical (unpaired) electrons. The van der Waals surface area contributed by atoms with Gasteiger partial charge < -0.3 is 0 Å². The van der Waals surface area contributed by atoms with Crippen molar-refractivity contribution in [3.05, 3.63) is 40.8 Å². The summed E-state index contributed by atoms with van der Waals surface area (Å²) in [6, 6.07) is 7.47. The summed E-state index contributed by atoms with van der Waals surface area (Å²) in [5.74, 6) is 0. The highest BCUT2D eigenvalue weighted by atomic mass is 16.1. The summed E-state index contributed by atoms with van der Waals surface area (Å²) in [5.41, 5.74) is -0.0718. The molecule has 2 aromatic rings. The van der Waals surface area contributed by atoms with E-state index in [0.717, 1.165) is 11.9 Å². The van der Waals surface area contributed by atoms with E-state index >= 15 is 0 Å². The molecule has 0 aliphatic rings. The minimum absolute atomic E-state index is 0.0718. The van der Waals surface area contributed by atoms with Crippen LogP contribution in [-0.4, -0.2) is 23.5 Å². The van der Waals surface area contributed by atoms with Crippen molar-refractivity contribution < 1.29 is 0 Å². The molecular formula is C11H13N3O. The number of hydrogen-bond acceptors (Lipinski definition) is 3. The molecule has 4 nitrogen and oxygen atoms in total. The second kappa shape index (κ2) is 3.73. The van der Waals surface area contributed by atoms with Crippen LogP contribution in [0.2, 0.25) is 0 Å². The summed E-state index contributed by atoms with van der Waals surface area (Å²) in [4.78, 5) is 13.4. The second-order valence-corrected chi connectivity index (χ2v) is 3.40. The molecule has 0 spiro atoms. The molecule has 78 valence electrons. The standard InChI is InChI=1S/C11H13N3O/c1-3-13(2)14-11(15)10-7-5-4-6-9(10)8-12-14/h4-8H,3H2,1-2H3. The maximum Gasteiger partial charge on any atom is 0.293 e. The van der Waals surface area contributed by atoms with Crippen LogP contribution in [0.5, 0.6) is 0 Å². The normalized spacial score (nSPS) is 10.5. The Hall–Kier alpha value is -1.84. The highest BCUT2D eigenvalue weighted by Gasteiger charge is 2.04. The first-order valence-electron chi connectivity index (χ1n) is 4.92. The van der Waals surface area contributed by atoms with E-state index < -0.39 is 0 Å². The van der Waals surface area contributed by atoms with E-state index in [9.17, 15) is 4.79 Å². The molecule has 0 saturated carbocycles. The highest BCUT2D eigenvalue weighted by molar-refractivity contribution is 5.80. The van der Waals surface area contributed by atoms with Gasteiger partial charge in [-0.05, 0) is 13.0 Å². The van der Waals surface area contributed by atoms with E-state index in [1.54, 1.807) is 11.2 Å². The molecule has 0 amide bonds. The number of benzene rings is 1. The summed E-state index contributed by atoms with van der Waals surface area (Å²) in [7, 11) is 1.84. The van der Waals surface area contributed by atoms with Gasteiger partial charge in [-0.15, -0.1) is 4.79 Å². The zero-order valence-electron chi connectivity index (χ0n) is 8.84. The monoisotopic (exact) mass is 203 g/mol. The zero-order valence-corrected chi connectivity index (χ0v) is 8.84. The van der Waals surface area contributed by atoms with Crippen molar-refractivity contribution in [2.24, 2.45) is 0 Å². The van der Waals surface area contributed by atoms with Gasteiger partial charge in [0.2, 0.25) is 0 Å². The molecule has 4 heteroatoms. The van der Waals surface area contributed by atoms with Crippen LogP contribution in [-0.2, 0) is 0 Å². The molecule has 1 aromatic heterocycles. The van der Waals surface area contributed by atoms with Crippen molar-refractivity contribution in [1.29, 1.82) is 0 Å². The average Bonchev–Trinajstić information content (AvgIpc) is 2.29. The first kappa shape index (κ1) is 9.71. The van der Waals surface area contributed by atoms with Crippen LogP contribution < -0.4 is 10.6 Å². The Bertz CT molecular complexity index is 533. The fourth-order valence-electron chi connectivity index (χ4n) is 1.46. The third kappa shape index (κ3) is 1.58. The van der Waals surface area contributed by atoms with Crippen molar-refractivity contribution in [3.8, 4) is 0 Å². The lowest BCUT2D eigenvalue weighted by molar-refractivity contribution is 0.568. The fourth-order valence-corrected chi connectivity index (χ4v) is 1.46. The van der Waals surface area contributed by atoms with Crippen LogP contribution in [0.25, 0.3) is 10.8 Å². The van der Waals surface area contributed by atoms with Crippen molar-refractivity contribution >= 4 is 10.8 Å². The number of hydrogen-bond donors (Lipinski definition) is 0. The third-order valence-electron chi connectivity index (χ3n) is 2.46. The largest absolute Gasteiger partial charge is 0.297 e. The summed E-state index contributed by atoms with van der Waals surface area (Å²) in [5, 5.41) is 7.46. The Labute approximate surface area is 87.7 Å². The van der Waals surface area contributed by atoms with E-state index in [4.69, 9.17) is 0 Å². The summed E-state index contributed by atoms with van der Waals surface area (Å²) in [6.45, 7) is 2.72. The average molecular weight is 203 g/mol. The minimum Gasteiger partial charge on any atom is -0.297 e. The van der Waals surface area contributed by atoms with E-state index in [1.165, 1.54) is 4.79 Å². The van der Waals surface area contributed by atoms with Crippen molar-refractivity contribution in [2.75, 3.05) is 18.6 Å². The van der Waals surface area contributed by atoms with Crippen molar-refractivity contribution in [1.82, 2.24) is 9.89 Å². The van der Waals surface area contributed by atoms with E-state index in [-0.39, 0.29) is 5.56 Å². The molecule has 1 heterocycles. The SMILES string of the molecule is CCN(C)n1ncc2ccccc2c1=O. The van der Waals surface area contributed by atoms with Gasteiger partial charge in [0.15, 0.2) is 0 Å². The quantitative estimate of drug-likeness (QED) is 0.730. The predicted molar refractivity (Wildman–Crippen MR) is 60.7 cm³/mol. The zero-order chi connectivity index (χ0) is 10.8. The van der Waals surface area contributed by atoms with Gasteiger partial charge in [-0.25, -0.2) is 0 Å². The lowest BCUT2D eigenvalue weighted by atomic mass is 10.2. The second-order valence-electron chi connectivity index (χ2n) is 3.40. The summed E-state index contributed by atoms with van der Waals surface area (Å²) >= 11 is 0.